The summed E-state index contributed by atoms with van der Waals surface area (Å²) >= 11 is -4.27. The van der Waals surface area contributed by atoms with Crippen LogP contribution in [0.25, 0.3) is 0 Å². The summed E-state index contributed by atoms with van der Waals surface area (Å²) in [5, 5.41) is 4.15. The van der Waals surface area contributed by atoms with E-state index in [2.05, 4.69) is 4.74 Å². The van der Waals surface area contributed by atoms with Crippen LogP contribution < -0.4 is 0 Å². The lowest BCUT2D eigenvalue weighted by Gasteiger charge is -2.27. The number of hydrogen-bond donors (Lipinski definition) is 1. The maximum Gasteiger partial charge on any atom is 0.371 e. The molecule has 0 spiro atoms. The van der Waals surface area contributed by atoms with Gasteiger partial charge in [-0.1, -0.05) is 12.1 Å². The lowest BCUT2D eigenvalue weighted by atomic mass is 10.2. The van der Waals surface area contributed by atoms with Crippen LogP contribution in [-0.2, 0) is 15.8 Å². The van der Waals surface area contributed by atoms with Crippen molar-refractivity contribution in [3.05, 3.63) is 29.8 Å². The van der Waals surface area contributed by atoms with E-state index in [4.69, 9.17) is 0 Å². The number of alkyl halides is 4. The second-order valence-electron chi connectivity index (χ2n) is 4.21. The Hall–Kier alpha value is -1.68. The second kappa shape index (κ2) is 7.05. The summed E-state index contributed by atoms with van der Waals surface area (Å²) in [5.41, 5.74) is -0.208. The van der Waals surface area contributed by atoms with E-state index in [1.54, 1.807) is 0 Å². The summed E-state index contributed by atoms with van der Waals surface area (Å²) < 4.78 is 76.3. The number of esters is 1. The standard InChI is InChI=1S/C12H12F4O5S/c13-11(14,12(15,16)22(19)20)6-3-7-21-10(18)8-4-1-2-5-9(8)17/h1-2,4-5,17H,3,6-7H2,(H,19,20)/p-1. The van der Waals surface area contributed by atoms with Gasteiger partial charge in [0.05, 0.1) is 6.61 Å². The minimum atomic E-state index is -5.20. The monoisotopic (exact) mass is 343 g/mol. The summed E-state index contributed by atoms with van der Waals surface area (Å²) in [6.45, 7) is -0.635. The molecule has 1 rings (SSSR count). The van der Waals surface area contributed by atoms with Gasteiger partial charge < -0.3 is 14.4 Å². The maximum absolute atomic E-state index is 13.0. The van der Waals surface area contributed by atoms with Gasteiger partial charge in [-0.15, -0.1) is 0 Å². The van der Waals surface area contributed by atoms with Gasteiger partial charge in [0.25, 0.3) is 0 Å². The van der Waals surface area contributed by atoms with Gasteiger partial charge in [-0.25, -0.2) is 4.79 Å². The first kappa shape index (κ1) is 18.4. The van der Waals surface area contributed by atoms with E-state index in [0.29, 0.717) is 0 Å². The van der Waals surface area contributed by atoms with Crippen molar-refractivity contribution in [1.29, 1.82) is 0 Å². The van der Waals surface area contributed by atoms with E-state index in [1.807, 2.05) is 0 Å². The molecule has 0 aliphatic heterocycles. The quantitative estimate of drug-likeness (QED) is 0.356. The number of ether oxygens (including phenoxy) is 1. The number of carbonyl (C=O) groups is 1. The number of carbonyl (C=O) groups excluding carboxylic acids is 1. The van der Waals surface area contributed by atoms with Crippen molar-refractivity contribution in [1.82, 2.24) is 0 Å². The summed E-state index contributed by atoms with van der Waals surface area (Å²) in [6, 6.07) is 5.29. The third kappa shape index (κ3) is 4.17. The molecule has 1 aromatic rings. The number of para-hydroxylation sites is 1. The van der Waals surface area contributed by atoms with Crippen molar-refractivity contribution in [3.63, 3.8) is 0 Å². The Morgan fingerprint density at radius 1 is 1.27 bits per heavy atom. The molecule has 0 saturated heterocycles. The van der Waals surface area contributed by atoms with Crippen molar-refractivity contribution in [3.8, 4) is 5.75 Å². The number of rotatable bonds is 7. The number of aromatic hydroxyl groups is 1. The molecule has 0 aliphatic carbocycles. The van der Waals surface area contributed by atoms with Crippen LogP contribution in [0.4, 0.5) is 17.6 Å². The molecule has 22 heavy (non-hydrogen) atoms. The van der Waals surface area contributed by atoms with Crippen LogP contribution in [0.5, 0.6) is 5.75 Å². The van der Waals surface area contributed by atoms with Crippen LogP contribution in [0.2, 0.25) is 0 Å². The van der Waals surface area contributed by atoms with E-state index in [-0.39, 0.29) is 11.3 Å². The van der Waals surface area contributed by atoms with Crippen molar-refractivity contribution in [2.24, 2.45) is 0 Å². The first-order chi connectivity index (χ1) is 10.1. The molecule has 1 N–H and O–H groups in total. The van der Waals surface area contributed by atoms with Crippen molar-refractivity contribution in [2.75, 3.05) is 6.61 Å². The van der Waals surface area contributed by atoms with E-state index in [0.717, 1.165) is 0 Å². The summed E-state index contributed by atoms with van der Waals surface area (Å²) in [7, 11) is 0. The largest absolute Gasteiger partial charge is 0.768 e. The fourth-order valence-corrected chi connectivity index (χ4v) is 1.80. The van der Waals surface area contributed by atoms with E-state index in [1.165, 1.54) is 24.3 Å². The average molecular weight is 343 g/mol. The molecule has 0 saturated carbocycles. The highest BCUT2D eigenvalue weighted by Gasteiger charge is 2.56. The van der Waals surface area contributed by atoms with Gasteiger partial charge in [0.15, 0.2) is 0 Å². The van der Waals surface area contributed by atoms with Gasteiger partial charge in [-0.3, -0.25) is 4.21 Å². The highest BCUT2D eigenvalue weighted by Crippen LogP contribution is 2.39. The summed E-state index contributed by atoms with van der Waals surface area (Å²) in [5.74, 6) is -6.17. The Morgan fingerprint density at radius 3 is 2.41 bits per heavy atom. The fraction of sp³-hybridized carbons (Fsp3) is 0.417. The first-order valence-corrected chi connectivity index (χ1v) is 6.97. The van der Waals surface area contributed by atoms with Crippen LogP contribution in [0.1, 0.15) is 23.2 Å². The zero-order chi connectivity index (χ0) is 17.0. The summed E-state index contributed by atoms with van der Waals surface area (Å²) in [4.78, 5) is 11.5. The lowest BCUT2D eigenvalue weighted by molar-refractivity contribution is -0.163. The predicted molar refractivity (Wildman–Crippen MR) is 66.4 cm³/mol. The maximum atomic E-state index is 13.0. The zero-order valence-corrected chi connectivity index (χ0v) is 11.7. The van der Waals surface area contributed by atoms with Crippen molar-refractivity contribution < 1.29 is 41.0 Å². The van der Waals surface area contributed by atoms with Gasteiger partial charge in [0.2, 0.25) is 0 Å². The SMILES string of the molecule is O=C(OCCCC(F)(F)C(F)(F)S(=O)[O-])c1ccccc1O. The van der Waals surface area contributed by atoms with Gasteiger partial charge in [0.1, 0.15) is 11.3 Å². The molecule has 1 aromatic carbocycles. The molecular formula is C12H11F4O5S-. The average Bonchev–Trinajstić information content (AvgIpc) is 2.43. The van der Waals surface area contributed by atoms with Crippen LogP contribution in [0.15, 0.2) is 24.3 Å². The number of phenolic OH excluding ortho intramolecular Hbond substituents is 1. The van der Waals surface area contributed by atoms with Crippen LogP contribution in [0, 0.1) is 0 Å². The Labute approximate surface area is 125 Å². The molecule has 0 aromatic heterocycles. The molecule has 0 radical (unpaired) electrons. The number of benzene rings is 1. The van der Waals surface area contributed by atoms with E-state index < -0.39 is 47.7 Å². The van der Waals surface area contributed by atoms with Gasteiger partial charge in [-0.2, -0.15) is 17.6 Å². The molecule has 1 unspecified atom stereocenters. The minimum Gasteiger partial charge on any atom is -0.768 e. The fourth-order valence-electron chi connectivity index (χ4n) is 1.45. The second-order valence-corrected chi connectivity index (χ2v) is 5.19. The minimum absolute atomic E-state index is 0.208. The van der Waals surface area contributed by atoms with E-state index in [9.17, 15) is 36.2 Å². The van der Waals surface area contributed by atoms with Crippen LogP contribution in [0.3, 0.4) is 0 Å². The zero-order valence-electron chi connectivity index (χ0n) is 10.9. The number of hydrogen-bond acceptors (Lipinski definition) is 5. The lowest BCUT2D eigenvalue weighted by Crippen LogP contribution is -2.44. The van der Waals surface area contributed by atoms with E-state index >= 15 is 0 Å². The molecule has 0 heterocycles. The normalized spacial score (nSPS) is 13.7. The topological polar surface area (TPSA) is 86.7 Å². The smallest absolute Gasteiger partial charge is 0.371 e. The molecule has 10 heteroatoms. The van der Waals surface area contributed by atoms with Crippen LogP contribution >= 0.6 is 0 Å². The predicted octanol–water partition coefficient (Wildman–Crippen LogP) is 2.44. The highest BCUT2D eigenvalue weighted by atomic mass is 32.2. The molecule has 124 valence electrons. The Balaban J connectivity index is 2.51. The number of phenols is 1. The molecule has 0 aliphatic rings. The summed E-state index contributed by atoms with van der Waals surface area (Å²) in [6.07, 6.45) is -2.17. The molecule has 0 amide bonds. The Bertz CT molecular complexity index is 564. The third-order valence-electron chi connectivity index (χ3n) is 2.63. The van der Waals surface area contributed by atoms with Gasteiger partial charge in [-0.05, 0) is 18.6 Å². The van der Waals surface area contributed by atoms with Crippen molar-refractivity contribution in [2.45, 2.75) is 24.0 Å². The first-order valence-electron chi connectivity index (χ1n) is 5.89. The highest BCUT2D eigenvalue weighted by molar-refractivity contribution is 7.80. The molecule has 5 nitrogen and oxygen atoms in total. The molecule has 0 fully saturated rings. The Kier molecular flexibility index (Phi) is 5.89. The number of halogens is 4. The molecular weight excluding hydrogens is 332 g/mol. The van der Waals surface area contributed by atoms with Crippen LogP contribution in [-0.4, -0.2) is 37.6 Å². The Morgan fingerprint density at radius 2 is 1.86 bits per heavy atom. The van der Waals surface area contributed by atoms with Gasteiger partial charge >= 0.3 is 17.1 Å². The third-order valence-corrected chi connectivity index (χ3v) is 3.34. The molecule has 0 bridgehead atoms. The van der Waals surface area contributed by atoms with Crippen molar-refractivity contribution >= 4 is 17.0 Å². The molecule has 1 atom stereocenters. The van der Waals surface area contributed by atoms with Gasteiger partial charge in [0, 0.05) is 17.5 Å².